The van der Waals surface area contributed by atoms with E-state index in [-0.39, 0.29) is 24.4 Å². The van der Waals surface area contributed by atoms with Crippen LogP contribution in [0.4, 0.5) is 8.78 Å². The van der Waals surface area contributed by atoms with E-state index in [1.165, 1.54) is 11.3 Å². The molecule has 0 saturated carbocycles. The molecule has 1 aliphatic heterocycles. The van der Waals surface area contributed by atoms with Gasteiger partial charge >= 0.3 is 0 Å². The second-order valence-corrected chi connectivity index (χ2v) is 7.12. The number of hydrogen-bond donors (Lipinski definition) is 2. The molecule has 0 spiro atoms. The normalized spacial score (nSPS) is 19.7. The van der Waals surface area contributed by atoms with E-state index in [0.717, 1.165) is 4.88 Å². The monoisotopic (exact) mass is 346 g/mol. The van der Waals surface area contributed by atoms with Crippen LogP contribution in [0.25, 0.3) is 0 Å². The molecule has 1 fully saturated rings. The summed E-state index contributed by atoms with van der Waals surface area (Å²) in [4.78, 5) is 14.9. The van der Waals surface area contributed by atoms with Crippen LogP contribution < -0.4 is 5.32 Å². The third-order valence-electron chi connectivity index (χ3n) is 4.19. The lowest BCUT2D eigenvalue weighted by atomic mass is 9.95. The smallest absolute Gasteiger partial charge is 0.251 e. The number of nitrogens with zero attached hydrogens (tertiary/aromatic N) is 1. The molecule has 0 aromatic carbocycles. The van der Waals surface area contributed by atoms with Gasteiger partial charge in [0.15, 0.2) is 0 Å². The van der Waals surface area contributed by atoms with Crippen molar-refractivity contribution in [3.05, 3.63) is 22.4 Å². The van der Waals surface area contributed by atoms with Crippen LogP contribution in [0.1, 0.15) is 37.2 Å². The minimum atomic E-state index is -2.32. The maximum Gasteiger partial charge on any atom is 0.251 e. The van der Waals surface area contributed by atoms with E-state index >= 15 is 0 Å². The molecular weight excluding hydrogens is 322 g/mol. The highest BCUT2D eigenvalue weighted by molar-refractivity contribution is 7.10. The quantitative estimate of drug-likeness (QED) is 0.798. The van der Waals surface area contributed by atoms with Gasteiger partial charge < -0.3 is 10.4 Å². The number of carbonyl (C=O) groups excluding carboxylic acids is 1. The summed E-state index contributed by atoms with van der Waals surface area (Å²) in [5.41, 5.74) is 0. The molecule has 2 N–H and O–H groups in total. The molecule has 2 atom stereocenters. The van der Waals surface area contributed by atoms with E-state index in [4.69, 9.17) is 0 Å². The molecule has 2 unspecified atom stereocenters. The molecule has 0 aliphatic carbocycles. The second-order valence-electron chi connectivity index (χ2n) is 6.14. The average molecular weight is 346 g/mol. The van der Waals surface area contributed by atoms with Gasteiger partial charge in [0.05, 0.1) is 12.6 Å². The van der Waals surface area contributed by atoms with E-state index in [1.54, 1.807) is 4.90 Å². The summed E-state index contributed by atoms with van der Waals surface area (Å²) in [6.45, 7) is 2.74. The Kier molecular flexibility index (Phi) is 6.92. The first kappa shape index (κ1) is 18.3. The number of thiophene rings is 1. The van der Waals surface area contributed by atoms with E-state index in [1.807, 2.05) is 24.4 Å². The summed E-state index contributed by atoms with van der Waals surface area (Å²) in [6, 6.07) is 3.64. The fourth-order valence-electron chi connectivity index (χ4n) is 2.92. The van der Waals surface area contributed by atoms with Gasteiger partial charge in [0.2, 0.25) is 5.91 Å². The van der Waals surface area contributed by atoms with Gasteiger partial charge in [-0.25, -0.2) is 8.78 Å². The lowest BCUT2D eigenvalue weighted by Gasteiger charge is -2.31. The molecule has 7 heteroatoms. The Balaban J connectivity index is 1.72. The number of aliphatic hydroxyl groups excluding tert-OH is 1. The number of piperidine rings is 1. The molecule has 23 heavy (non-hydrogen) atoms. The van der Waals surface area contributed by atoms with Crippen molar-refractivity contribution in [1.82, 2.24) is 10.2 Å². The molecule has 1 aliphatic rings. The van der Waals surface area contributed by atoms with E-state index in [0.29, 0.717) is 32.4 Å². The van der Waals surface area contributed by atoms with Crippen molar-refractivity contribution in [2.75, 3.05) is 19.6 Å². The number of rotatable bonds is 7. The molecule has 0 bridgehead atoms. The summed E-state index contributed by atoms with van der Waals surface area (Å²) in [5, 5.41) is 15.0. The number of alkyl halides is 2. The van der Waals surface area contributed by atoms with Crippen molar-refractivity contribution in [3.8, 4) is 0 Å². The van der Waals surface area contributed by atoms with Gasteiger partial charge in [0.1, 0.15) is 0 Å². The second kappa shape index (κ2) is 8.70. The molecule has 130 valence electrons. The first-order chi connectivity index (χ1) is 11.0. The molecule has 2 heterocycles. The minimum Gasteiger partial charge on any atom is -0.387 e. The number of nitrogens with one attached hydrogen (secondary N) is 1. The third-order valence-corrected chi connectivity index (χ3v) is 5.17. The van der Waals surface area contributed by atoms with Gasteiger partial charge in [0, 0.05) is 16.8 Å². The highest BCUT2D eigenvalue weighted by Crippen LogP contribution is 2.23. The van der Waals surface area contributed by atoms with Gasteiger partial charge in [-0.2, -0.15) is 0 Å². The molecule has 2 rings (SSSR count). The number of carbonyl (C=O) groups is 1. The summed E-state index contributed by atoms with van der Waals surface area (Å²) in [6.07, 6.45) is -1.20. The van der Waals surface area contributed by atoms with Gasteiger partial charge in [-0.05, 0) is 50.7 Å². The van der Waals surface area contributed by atoms with Crippen LogP contribution in [0.2, 0.25) is 0 Å². The fraction of sp³-hybridized carbons (Fsp3) is 0.688. The van der Waals surface area contributed by atoms with Gasteiger partial charge in [0.25, 0.3) is 6.43 Å². The Bertz CT molecular complexity index is 476. The van der Waals surface area contributed by atoms with Crippen LogP contribution >= 0.6 is 11.3 Å². The molecule has 0 radical (unpaired) electrons. The largest absolute Gasteiger partial charge is 0.387 e. The Morgan fingerprint density at radius 2 is 2.17 bits per heavy atom. The Hall–Kier alpha value is -1.05. The van der Waals surface area contributed by atoms with Gasteiger partial charge in [-0.3, -0.25) is 9.69 Å². The summed E-state index contributed by atoms with van der Waals surface area (Å²) < 4.78 is 24.7. The predicted molar refractivity (Wildman–Crippen MR) is 86.7 cm³/mol. The zero-order valence-corrected chi connectivity index (χ0v) is 14.1. The number of aliphatic hydroxyl groups is 1. The molecular formula is C16H24F2N2O2S. The van der Waals surface area contributed by atoms with Crippen LogP contribution in [0.5, 0.6) is 0 Å². The van der Waals surface area contributed by atoms with Crippen molar-refractivity contribution in [2.24, 2.45) is 5.92 Å². The molecule has 1 aromatic rings. The third kappa shape index (κ3) is 5.82. The number of likely N-dealkylation sites (tertiary alicyclic amines) is 1. The number of hydrogen-bond acceptors (Lipinski definition) is 4. The summed E-state index contributed by atoms with van der Waals surface area (Å²) in [5.74, 6) is -0.155. The highest BCUT2D eigenvalue weighted by Gasteiger charge is 2.27. The first-order valence-electron chi connectivity index (χ1n) is 7.98. The topological polar surface area (TPSA) is 52.6 Å². The van der Waals surface area contributed by atoms with Crippen LogP contribution in [0.15, 0.2) is 17.5 Å². The molecule has 1 saturated heterocycles. The van der Waals surface area contributed by atoms with Crippen LogP contribution in [0.3, 0.4) is 0 Å². The van der Waals surface area contributed by atoms with Crippen molar-refractivity contribution in [1.29, 1.82) is 0 Å². The van der Waals surface area contributed by atoms with Crippen molar-refractivity contribution < 1.29 is 18.7 Å². The van der Waals surface area contributed by atoms with Gasteiger partial charge in [-0.15, -0.1) is 11.3 Å². The predicted octanol–water partition coefficient (Wildman–Crippen LogP) is 2.65. The standard InChI is InChI=1S/C16H24F2N2O2S/c1-11(9-13(21)14-3-2-8-23-14)19-16(22)12-4-6-20(7-5-12)10-15(17)18/h2-3,8,11-13,15,21H,4-7,9-10H2,1H3,(H,19,22). The lowest BCUT2D eigenvalue weighted by molar-refractivity contribution is -0.127. The maximum atomic E-state index is 12.3. The molecule has 4 nitrogen and oxygen atoms in total. The molecule has 1 amide bonds. The van der Waals surface area contributed by atoms with Crippen molar-refractivity contribution in [2.45, 2.75) is 44.8 Å². The number of amides is 1. The fourth-order valence-corrected chi connectivity index (χ4v) is 3.65. The van der Waals surface area contributed by atoms with Gasteiger partial charge in [-0.1, -0.05) is 6.07 Å². The van der Waals surface area contributed by atoms with Crippen LogP contribution in [0, 0.1) is 5.92 Å². The summed E-state index contributed by atoms with van der Waals surface area (Å²) in [7, 11) is 0. The number of halogens is 2. The SMILES string of the molecule is CC(CC(O)c1cccs1)NC(=O)C1CCN(CC(F)F)CC1. The van der Waals surface area contributed by atoms with Crippen LogP contribution in [-0.2, 0) is 4.79 Å². The van der Waals surface area contributed by atoms with E-state index in [2.05, 4.69) is 5.32 Å². The zero-order valence-electron chi connectivity index (χ0n) is 13.3. The molecule has 1 aromatic heterocycles. The Morgan fingerprint density at radius 1 is 1.48 bits per heavy atom. The van der Waals surface area contributed by atoms with Crippen molar-refractivity contribution in [3.63, 3.8) is 0 Å². The Labute approximate surface area is 139 Å². The average Bonchev–Trinajstić information content (AvgIpc) is 3.01. The first-order valence-corrected chi connectivity index (χ1v) is 8.86. The van der Waals surface area contributed by atoms with E-state index in [9.17, 15) is 18.7 Å². The maximum absolute atomic E-state index is 12.3. The summed E-state index contributed by atoms with van der Waals surface area (Å²) >= 11 is 1.50. The van der Waals surface area contributed by atoms with E-state index < -0.39 is 12.5 Å². The Morgan fingerprint density at radius 3 is 2.74 bits per heavy atom. The van der Waals surface area contributed by atoms with Crippen molar-refractivity contribution >= 4 is 17.2 Å². The zero-order chi connectivity index (χ0) is 16.8. The minimum absolute atomic E-state index is 0.0347. The highest BCUT2D eigenvalue weighted by atomic mass is 32.1. The van der Waals surface area contributed by atoms with Crippen LogP contribution in [-0.4, -0.2) is 48.0 Å². The lowest BCUT2D eigenvalue weighted by Crippen LogP contribution is -2.44.